The minimum atomic E-state index is 0.459. The van der Waals surface area contributed by atoms with Gasteiger partial charge in [-0.3, -0.25) is 4.68 Å². The molecular weight excluding hydrogens is 260 g/mol. The van der Waals surface area contributed by atoms with E-state index in [9.17, 15) is 0 Å². The van der Waals surface area contributed by atoms with Crippen LogP contribution in [-0.4, -0.2) is 27.9 Å². The number of nitrogens with zero attached hydrogens (tertiary/aromatic N) is 3. The van der Waals surface area contributed by atoms with Gasteiger partial charge in [-0.1, -0.05) is 0 Å². The predicted molar refractivity (Wildman–Crippen MR) is 73.9 cm³/mol. The highest BCUT2D eigenvalue weighted by Crippen LogP contribution is 2.12. The molecule has 2 aromatic rings. The zero-order chi connectivity index (χ0) is 13.1. The Bertz CT molecular complexity index is 536. The number of hydrogen-bond acceptors (Lipinski definition) is 5. The van der Waals surface area contributed by atoms with E-state index in [1.807, 2.05) is 13.1 Å². The highest BCUT2D eigenvalue weighted by molar-refractivity contribution is 7.09. The SMILES string of the molecule is Cc1nc(COCC2CNCc3ccnn3C2)cs1. The first-order valence-electron chi connectivity index (χ1n) is 6.51. The van der Waals surface area contributed by atoms with Crippen LogP contribution in [-0.2, 0) is 24.4 Å². The minimum Gasteiger partial charge on any atom is -0.375 e. The Kier molecular flexibility index (Phi) is 3.91. The molecule has 1 aliphatic heterocycles. The highest BCUT2D eigenvalue weighted by atomic mass is 32.1. The second-order valence-electron chi connectivity index (χ2n) is 4.87. The average Bonchev–Trinajstić information content (AvgIpc) is 2.95. The highest BCUT2D eigenvalue weighted by Gasteiger charge is 2.16. The van der Waals surface area contributed by atoms with Gasteiger partial charge >= 0.3 is 0 Å². The third-order valence-electron chi connectivity index (χ3n) is 3.24. The summed E-state index contributed by atoms with van der Waals surface area (Å²) in [6.45, 7) is 6.14. The summed E-state index contributed by atoms with van der Waals surface area (Å²) in [6.07, 6.45) is 1.86. The first-order valence-corrected chi connectivity index (χ1v) is 7.39. The van der Waals surface area contributed by atoms with Crippen LogP contribution in [0.1, 0.15) is 16.4 Å². The van der Waals surface area contributed by atoms with Gasteiger partial charge in [0.05, 0.1) is 29.6 Å². The van der Waals surface area contributed by atoms with E-state index in [-0.39, 0.29) is 0 Å². The van der Waals surface area contributed by atoms with E-state index in [0.29, 0.717) is 12.5 Å². The molecule has 6 heteroatoms. The van der Waals surface area contributed by atoms with E-state index in [0.717, 1.165) is 36.9 Å². The number of aromatic nitrogens is 3. The van der Waals surface area contributed by atoms with Crippen LogP contribution < -0.4 is 5.32 Å². The number of hydrogen-bond donors (Lipinski definition) is 1. The fraction of sp³-hybridized carbons (Fsp3) is 0.538. The lowest BCUT2D eigenvalue weighted by atomic mass is 10.1. The quantitative estimate of drug-likeness (QED) is 0.922. The lowest BCUT2D eigenvalue weighted by Gasteiger charge is -2.14. The molecular formula is C13H18N4OS. The Morgan fingerprint density at radius 1 is 1.58 bits per heavy atom. The third kappa shape index (κ3) is 3.20. The number of nitrogens with one attached hydrogen (secondary N) is 1. The second-order valence-corrected chi connectivity index (χ2v) is 5.94. The van der Waals surface area contributed by atoms with Gasteiger partial charge < -0.3 is 10.1 Å². The third-order valence-corrected chi connectivity index (χ3v) is 4.07. The fourth-order valence-corrected chi connectivity index (χ4v) is 2.90. The first kappa shape index (κ1) is 12.8. The van der Waals surface area contributed by atoms with Crippen LogP contribution in [0, 0.1) is 12.8 Å². The fourth-order valence-electron chi connectivity index (χ4n) is 2.30. The van der Waals surface area contributed by atoms with Crippen LogP contribution in [0.15, 0.2) is 17.6 Å². The molecule has 2 aromatic heterocycles. The largest absolute Gasteiger partial charge is 0.375 e. The van der Waals surface area contributed by atoms with Crippen LogP contribution in [0.25, 0.3) is 0 Å². The zero-order valence-corrected chi connectivity index (χ0v) is 11.8. The Morgan fingerprint density at radius 2 is 2.53 bits per heavy atom. The number of rotatable bonds is 4. The molecule has 0 aliphatic carbocycles. The number of thiazole rings is 1. The maximum atomic E-state index is 5.78. The second kappa shape index (κ2) is 5.81. The van der Waals surface area contributed by atoms with Crippen LogP contribution >= 0.6 is 11.3 Å². The van der Waals surface area contributed by atoms with Crippen molar-refractivity contribution in [2.24, 2.45) is 5.92 Å². The Morgan fingerprint density at radius 3 is 3.37 bits per heavy atom. The molecule has 0 saturated heterocycles. The predicted octanol–water partition coefficient (Wildman–Crippen LogP) is 1.58. The smallest absolute Gasteiger partial charge is 0.0898 e. The van der Waals surface area contributed by atoms with Gasteiger partial charge in [-0.15, -0.1) is 11.3 Å². The van der Waals surface area contributed by atoms with Crippen molar-refractivity contribution in [3.8, 4) is 0 Å². The van der Waals surface area contributed by atoms with Gasteiger partial charge in [-0.25, -0.2) is 4.98 Å². The maximum absolute atomic E-state index is 5.78. The molecule has 102 valence electrons. The summed E-state index contributed by atoms with van der Waals surface area (Å²) in [5.41, 5.74) is 2.28. The van der Waals surface area contributed by atoms with Crippen molar-refractivity contribution in [1.82, 2.24) is 20.1 Å². The van der Waals surface area contributed by atoms with Crippen molar-refractivity contribution in [3.05, 3.63) is 34.0 Å². The van der Waals surface area contributed by atoms with Crippen molar-refractivity contribution < 1.29 is 4.74 Å². The van der Waals surface area contributed by atoms with Gasteiger partial charge in [0.25, 0.3) is 0 Å². The average molecular weight is 278 g/mol. The number of aryl methyl sites for hydroxylation is 1. The molecule has 0 aromatic carbocycles. The molecule has 3 rings (SSSR count). The molecule has 1 atom stereocenters. The number of fused-ring (bicyclic) bond motifs is 1. The summed E-state index contributed by atoms with van der Waals surface area (Å²) in [5.74, 6) is 0.459. The van der Waals surface area contributed by atoms with E-state index in [2.05, 4.69) is 31.5 Å². The summed E-state index contributed by atoms with van der Waals surface area (Å²) < 4.78 is 7.85. The van der Waals surface area contributed by atoms with E-state index >= 15 is 0 Å². The summed E-state index contributed by atoms with van der Waals surface area (Å²) in [5, 5.41) is 10.9. The zero-order valence-electron chi connectivity index (χ0n) is 11.0. The van der Waals surface area contributed by atoms with Crippen molar-refractivity contribution in [2.75, 3.05) is 13.2 Å². The summed E-state index contributed by atoms with van der Waals surface area (Å²) in [4.78, 5) is 4.40. The summed E-state index contributed by atoms with van der Waals surface area (Å²) >= 11 is 1.67. The standard InChI is InChI=1S/C13H18N4OS/c1-10-16-12(9-19-10)8-18-7-11-4-14-5-13-2-3-15-17(13)6-11/h2-3,9,11,14H,4-8H2,1H3. The minimum absolute atomic E-state index is 0.459. The van der Waals surface area contributed by atoms with E-state index in [4.69, 9.17) is 4.74 Å². The van der Waals surface area contributed by atoms with Gasteiger partial charge in [0.2, 0.25) is 0 Å². The molecule has 0 radical (unpaired) electrons. The molecule has 3 heterocycles. The van der Waals surface area contributed by atoms with Crippen LogP contribution in [0.2, 0.25) is 0 Å². The molecule has 1 aliphatic rings. The Hall–Kier alpha value is -1.24. The van der Waals surface area contributed by atoms with Gasteiger partial charge in [0.1, 0.15) is 0 Å². The lowest BCUT2D eigenvalue weighted by Crippen LogP contribution is -2.25. The monoisotopic (exact) mass is 278 g/mol. The molecule has 0 bridgehead atoms. The lowest BCUT2D eigenvalue weighted by molar-refractivity contribution is 0.0795. The van der Waals surface area contributed by atoms with Crippen LogP contribution in [0.4, 0.5) is 0 Å². The Labute approximate surface area is 116 Å². The normalized spacial score (nSPS) is 19.1. The molecule has 19 heavy (non-hydrogen) atoms. The van der Waals surface area contributed by atoms with E-state index in [1.165, 1.54) is 5.69 Å². The molecule has 5 nitrogen and oxygen atoms in total. The maximum Gasteiger partial charge on any atom is 0.0898 e. The summed E-state index contributed by atoms with van der Waals surface area (Å²) in [6, 6.07) is 2.06. The van der Waals surface area contributed by atoms with Gasteiger partial charge in [-0.2, -0.15) is 5.10 Å². The van der Waals surface area contributed by atoms with E-state index < -0.39 is 0 Å². The summed E-state index contributed by atoms with van der Waals surface area (Å²) in [7, 11) is 0. The van der Waals surface area contributed by atoms with Crippen molar-refractivity contribution in [1.29, 1.82) is 0 Å². The van der Waals surface area contributed by atoms with Crippen molar-refractivity contribution in [2.45, 2.75) is 26.6 Å². The molecule has 0 spiro atoms. The van der Waals surface area contributed by atoms with Crippen LogP contribution in [0.3, 0.4) is 0 Å². The van der Waals surface area contributed by atoms with Gasteiger partial charge in [0, 0.05) is 37.1 Å². The Balaban J connectivity index is 1.50. The molecule has 1 unspecified atom stereocenters. The molecule has 0 amide bonds. The number of ether oxygens (including phenoxy) is 1. The van der Waals surface area contributed by atoms with Crippen molar-refractivity contribution >= 4 is 11.3 Å². The van der Waals surface area contributed by atoms with Gasteiger partial charge in [-0.05, 0) is 13.0 Å². The van der Waals surface area contributed by atoms with E-state index in [1.54, 1.807) is 11.3 Å². The molecule has 0 fully saturated rings. The molecule has 0 saturated carbocycles. The van der Waals surface area contributed by atoms with Crippen molar-refractivity contribution in [3.63, 3.8) is 0 Å². The van der Waals surface area contributed by atoms with Crippen LogP contribution in [0.5, 0.6) is 0 Å². The first-order chi connectivity index (χ1) is 9.31. The molecule has 1 N–H and O–H groups in total. The topological polar surface area (TPSA) is 52.0 Å². The van der Waals surface area contributed by atoms with Gasteiger partial charge in [0.15, 0.2) is 0 Å².